The van der Waals surface area contributed by atoms with Crippen molar-refractivity contribution in [3.05, 3.63) is 0 Å². The van der Waals surface area contributed by atoms with Gasteiger partial charge in [0.05, 0.1) is 0 Å². The third kappa shape index (κ3) is 10.8. The van der Waals surface area contributed by atoms with Crippen LogP contribution in [-0.4, -0.2) is 90.8 Å². The molecular weight excluding hydrogens is 488 g/mol. The molecule has 6 N–H and O–H groups in total. The van der Waals surface area contributed by atoms with Crippen molar-refractivity contribution in [3.8, 4) is 0 Å². The molecule has 0 aromatic heterocycles. The molecule has 16 heteroatoms. The summed E-state index contributed by atoms with van der Waals surface area (Å²) in [7, 11) is 0. The molecule has 0 saturated carbocycles. The van der Waals surface area contributed by atoms with Crippen molar-refractivity contribution in [2.24, 2.45) is 16.5 Å². The van der Waals surface area contributed by atoms with Gasteiger partial charge < -0.3 is 40.3 Å². The number of carboxylic acid groups (broad SMARTS) is 1. The number of aliphatic imine (C=N–C) groups is 1. The van der Waals surface area contributed by atoms with Crippen LogP contribution in [0.25, 0.3) is 0 Å². The van der Waals surface area contributed by atoms with Gasteiger partial charge in [0.1, 0.15) is 18.8 Å². The van der Waals surface area contributed by atoms with Crippen LogP contribution in [0.4, 0.5) is 0 Å². The molecule has 1 heterocycles. The molecule has 36 heavy (non-hydrogen) atoms. The number of ether oxygens (including phenoxy) is 5. The minimum Gasteiger partial charge on any atom is -0.480 e. The normalized spacial score (nSPS) is 24.7. The summed E-state index contributed by atoms with van der Waals surface area (Å²) in [4.78, 5) is 66.7. The number of nitrogens with one attached hydrogen (secondary N) is 1. The third-order valence-electron chi connectivity index (χ3n) is 4.50. The Morgan fingerprint density at radius 3 is 2.03 bits per heavy atom. The number of carboxylic acids is 1. The first-order valence-corrected chi connectivity index (χ1v) is 10.8. The SMILES string of the molecule is CC(=O)OC[C@H]1O[C@@H](ONC(N)=NCCC[C@H](N)C(=O)O)[C@H](OC(C)=O)[C@@H](OC(C)=O)[C@H]1OC(C)=O. The highest BCUT2D eigenvalue weighted by Gasteiger charge is 2.53. The maximum Gasteiger partial charge on any atom is 0.320 e. The van der Waals surface area contributed by atoms with Crippen LogP contribution in [0.3, 0.4) is 0 Å². The molecule has 6 atom stereocenters. The number of guanidine groups is 1. The number of carbonyl (C=O) groups excluding carboxylic acids is 4. The van der Waals surface area contributed by atoms with E-state index in [1.165, 1.54) is 0 Å². The van der Waals surface area contributed by atoms with Gasteiger partial charge >= 0.3 is 29.8 Å². The Hall–Kier alpha value is -3.50. The molecule has 1 fully saturated rings. The van der Waals surface area contributed by atoms with Crippen LogP contribution >= 0.6 is 0 Å². The molecule has 0 radical (unpaired) electrons. The highest BCUT2D eigenvalue weighted by molar-refractivity contribution is 5.76. The zero-order valence-corrected chi connectivity index (χ0v) is 20.3. The van der Waals surface area contributed by atoms with Crippen LogP contribution in [-0.2, 0) is 52.5 Å². The first kappa shape index (κ1) is 30.5. The number of nitrogens with zero attached hydrogens (tertiary/aromatic N) is 1. The molecule has 1 aliphatic rings. The number of hydrogen-bond acceptors (Lipinski definition) is 13. The topological polar surface area (TPSA) is 237 Å². The molecular formula is C20H32N4O12. The lowest BCUT2D eigenvalue weighted by atomic mass is 9.98. The quantitative estimate of drug-likeness (QED) is 0.0548. The molecule has 1 saturated heterocycles. The van der Waals surface area contributed by atoms with Gasteiger partial charge in [0.25, 0.3) is 0 Å². The molecule has 16 nitrogen and oxygen atoms in total. The second-order valence-electron chi connectivity index (χ2n) is 7.64. The molecule has 0 aromatic carbocycles. The Morgan fingerprint density at radius 1 is 0.944 bits per heavy atom. The maximum absolute atomic E-state index is 11.8. The number of aliphatic carboxylic acids is 1. The van der Waals surface area contributed by atoms with Gasteiger partial charge in [-0.2, -0.15) is 0 Å². The number of carbonyl (C=O) groups is 5. The minimum atomic E-state index is -1.50. The van der Waals surface area contributed by atoms with Gasteiger partial charge in [-0.05, 0) is 12.8 Å². The first-order chi connectivity index (χ1) is 16.8. The highest BCUT2D eigenvalue weighted by Crippen LogP contribution is 2.29. The Balaban J connectivity index is 3.07. The molecule has 0 aromatic rings. The van der Waals surface area contributed by atoms with Crippen molar-refractivity contribution in [3.63, 3.8) is 0 Å². The second-order valence-corrected chi connectivity index (χ2v) is 7.64. The second kappa shape index (κ2) is 14.8. The molecule has 0 spiro atoms. The Labute approximate surface area is 206 Å². The van der Waals surface area contributed by atoms with E-state index in [1.807, 2.05) is 0 Å². The molecule has 204 valence electrons. The van der Waals surface area contributed by atoms with Crippen molar-refractivity contribution in [2.75, 3.05) is 13.2 Å². The Morgan fingerprint density at radius 2 is 1.50 bits per heavy atom. The molecule has 0 aliphatic carbocycles. The summed E-state index contributed by atoms with van der Waals surface area (Å²) < 4.78 is 26.4. The van der Waals surface area contributed by atoms with Crippen molar-refractivity contribution in [1.82, 2.24) is 5.48 Å². The average Bonchev–Trinajstić information content (AvgIpc) is 2.76. The van der Waals surface area contributed by atoms with Crippen LogP contribution in [0.15, 0.2) is 4.99 Å². The van der Waals surface area contributed by atoms with Crippen LogP contribution < -0.4 is 16.9 Å². The van der Waals surface area contributed by atoms with E-state index in [0.29, 0.717) is 6.42 Å². The number of hydrogen-bond donors (Lipinski definition) is 4. The average molecular weight is 520 g/mol. The summed E-state index contributed by atoms with van der Waals surface area (Å²) in [6.45, 7) is 4.09. The van der Waals surface area contributed by atoms with Crippen molar-refractivity contribution in [1.29, 1.82) is 0 Å². The van der Waals surface area contributed by atoms with Gasteiger partial charge in [-0.3, -0.25) is 29.0 Å². The lowest BCUT2D eigenvalue weighted by Crippen LogP contribution is -2.63. The van der Waals surface area contributed by atoms with E-state index in [0.717, 1.165) is 27.7 Å². The largest absolute Gasteiger partial charge is 0.480 e. The van der Waals surface area contributed by atoms with Gasteiger partial charge in [-0.25, -0.2) is 10.3 Å². The Bertz CT molecular complexity index is 836. The van der Waals surface area contributed by atoms with E-state index in [-0.39, 0.29) is 18.9 Å². The number of nitrogens with two attached hydrogens (primary N) is 2. The fourth-order valence-corrected chi connectivity index (χ4v) is 3.07. The van der Waals surface area contributed by atoms with Crippen LogP contribution in [0.2, 0.25) is 0 Å². The number of hydroxylamine groups is 1. The molecule has 1 rings (SSSR count). The molecule has 0 amide bonds. The summed E-state index contributed by atoms with van der Waals surface area (Å²) in [5.74, 6) is -4.42. The van der Waals surface area contributed by atoms with E-state index in [2.05, 4.69) is 10.5 Å². The minimum absolute atomic E-state index is 0.113. The highest BCUT2D eigenvalue weighted by atomic mass is 16.8. The molecule has 1 aliphatic heterocycles. The zero-order valence-electron chi connectivity index (χ0n) is 20.3. The predicted molar refractivity (Wildman–Crippen MR) is 118 cm³/mol. The van der Waals surface area contributed by atoms with E-state index in [4.69, 9.17) is 45.1 Å². The van der Waals surface area contributed by atoms with Crippen LogP contribution in [0, 0.1) is 0 Å². The van der Waals surface area contributed by atoms with Crippen LogP contribution in [0.5, 0.6) is 0 Å². The summed E-state index contributed by atoms with van der Waals surface area (Å²) in [6.07, 6.45) is -6.41. The summed E-state index contributed by atoms with van der Waals surface area (Å²) in [6, 6.07) is -1.04. The maximum atomic E-state index is 11.8. The van der Waals surface area contributed by atoms with Gasteiger partial charge in [0.15, 0.2) is 18.3 Å². The molecule has 0 unspecified atom stereocenters. The first-order valence-electron chi connectivity index (χ1n) is 10.8. The summed E-state index contributed by atoms with van der Waals surface area (Å²) >= 11 is 0. The van der Waals surface area contributed by atoms with Gasteiger partial charge in [0.2, 0.25) is 12.2 Å². The van der Waals surface area contributed by atoms with E-state index < -0.39 is 73.2 Å². The lowest BCUT2D eigenvalue weighted by Gasteiger charge is -2.43. The fraction of sp³-hybridized carbons (Fsp3) is 0.700. The monoisotopic (exact) mass is 520 g/mol. The predicted octanol–water partition coefficient (Wildman–Crippen LogP) is -1.90. The summed E-state index contributed by atoms with van der Waals surface area (Å²) in [5, 5.41) is 8.78. The number of rotatable bonds is 12. The third-order valence-corrected chi connectivity index (χ3v) is 4.50. The van der Waals surface area contributed by atoms with Gasteiger partial charge in [0, 0.05) is 34.2 Å². The standard InChI is InChI=1S/C20H32N4O12/c1-9(25)31-8-14-15(32-10(2)26)16(33-11(3)27)17(34-12(4)28)19(35-14)36-24-20(22)23-7-5-6-13(21)18(29)30/h13-17,19H,5-8,21H2,1-4H3,(H,29,30)(H3,22,23,24)/t13-,14+,15-,16-,17+,19-/m0/s1. The number of esters is 4. The van der Waals surface area contributed by atoms with Gasteiger partial charge in [-0.1, -0.05) is 0 Å². The van der Waals surface area contributed by atoms with Crippen LogP contribution in [0.1, 0.15) is 40.5 Å². The van der Waals surface area contributed by atoms with E-state index in [9.17, 15) is 24.0 Å². The van der Waals surface area contributed by atoms with E-state index in [1.54, 1.807) is 0 Å². The zero-order chi connectivity index (χ0) is 27.4. The van der Waals surface area contributed by atoms with Crippen molar-refractivity contribution < 1.29 is 57.6 Å². The van der Waals surface area contributed by atoms with Crippen molar-refractivity contribution in [2.45, 2.75) is 77.3 Å². The fourth-order valence-electron chi connectivity index (χ4n) is 3.07. The summed E-state index contributed by atoms with van der Waals surface area (Å²) in [5.41, 5.74) is 13.4. The Kier molecular flexibility index (Phi) is 12.5. The lowest BCUT2D eigenvalue weighted by molar-refractivity contribution is -0.316. The molecule has 0 bridgehead atoms. The smallest absolute Gasteiger partial charge is 0.320 e. The van der Waals surface area contributed by atoms with Crippen molar-refractivity contribution >= 4 is 35.8 Å². The van der Waals surface area contributed by atoms with E-state index >= 15 is 0 Å². The van der Waals surface area contributed by atoms with Gasteiger partial charge in [-0.15, -0.1) is 0 Å².